The first-order chi connectivity index (χ1) is 12.4. The van der Waals surface area contributed by atoms with Gasteiger partial charge < -0.3 is 0 Å². The Morgan fingerprint density at radius 3 is 1.64 bits per heavy atom. The summed E-state index contributed by atoms with van der Waals surface area (Å²) in [6, 6.07) is 38.7. The lowest BCUT2D eigenvalue weighted by Gasteiger charge is -2.16. The molecule has 0 aliphatic carbocycles. The summed E-state index contributed by atoms with van der Waals surface area (Å²) in [7, 11) is 0. The Bertz CT molecular complexity index is 939. The normalized spacial score (nSPS) is 10.6. The van der Waals surface area contributed by atoms with Crippen LogP contribution in [0.5, 0.6) is 0 Å². The minimum Gasteiger partial charge on any atom is -0.0622 e. The second-order valence-corrected chi connectivity index (χ2v) is 6.23. The summed E-state index contributed by atoms with van der Waals surface area (Å²) in [5.41, 5.74) is 7.85. The van der Waals surface area contributed by atoms with Crippen LogP contribution < -0.4 is 0 Å². The molecule has 0 aliphatic rings. The molecule has 0 nitrogen and oxygen atoms in total. The molecule has 0 amide bonds. The number of hydrogen-bond donors (Lipinski definition) is 0. The van der Waals surface area contributed by atoms with Gasteiger partial charge in [0.2, 0.25) is 0 Å². The summed E-state index contributed by atoms with van der Waals surface area (Å²) < 4.78 is 0. The molecule has 0 radical (unpaired) electrons. The Hall–Kier alpha value is -3.12. The molecule has 4 rings (SSSR count). The van der Waals surface area contributed by atoms with Crippen LogP contribution in [0.2, 0.25) is 0 Å². The molecule has 0 unspecified atom stereocenters. The topological polar surface area (TPSA) is 0 Å². The van der Waals surface area contributed by atoms with E-state index in [4.69, 9.17) is 0 Å². The van der Waals surface area contributed by atoms with E-state index in [1.54, 1.807) is 0 Å². The maximum atomic E-state index is 2.25. The van der Waals surface area contributed by atoms with E-state index in [-0.39, 0.29) is 0 Å². The predicted octanol–water partition coefficient (Wildman–Crippen LogP) is 6.61. The third kappa shape index (κ3) is 3.39. The van der Waals surface area contributed by atoms with Crippen LogP contribution in [0.1, 0.15) is 11.1 Å². The Morgan fingerprint density at radius 2 is 1.00 bits per heavy atom. The monoisotopic (exact) mass is 320 g/mol. The Labute approximate surface area is 149 Å². The minimum atomic E-state index is 0.936. The first-order valence-corrected chi connectivity index (χ1v) is 8.68. The molecule has 0 aromatic heterocycles. The fourth-order valence-corrected chi connectivity index (χ4v) is 3.37. The van der Waals surface area contributed by atoms with Gasteiger partial charge >= 0.3 is 0 Å². The molecule has 0 saturated heterocycles. The van der Waals surface area contributed by atoms with Crippen molar-refractivity contribution in [3.8, 4) is 22.3 Å². The van der Waals surface area contributed by atoms with Gasteiger partial charge in [0.05, 0.1) is 0 Å². The van der Waals surface area contributed by atoms with Gasteiger partial charge in [-0.25, -0.2) is 0 Å². The Balaban J connectivity index is 1.89. The zero-order chi connectivity index (χ0) is 16.9. The molecule has 0 bridgehead atoms. The van der Waals surface area contributed by atoms with Crippen LogP contribution in [-0.4, -0.2) is 0 Å². The van der Waals surface area contributed by atoms with E-state index in [0.29, 0.717) is 0 Å². The number of benzene rings is 4. The molecule has 0 aliphatic heterocycles. The van der Waals surface area contributed by atoms with Crippen LogP contribution in [0.3, 0.4) is 0 Å². The summed E-state index contributed by atoms with van der Waals surface area (Å²) in [6.45, 7) is 0. The lowest BCUT2D eigenvalue weighted by Crippen LogP contribution is -1.95. The average molecular weight is 320 g/mol. The Kier molecular flexibility index (Phi) is 4.43. The first kappa shape index (κ1) is 15.4. The van der Waals surface area contributed by atoms with Gasteiger partial charge in [-0.3, -0.25) is 0 Å². The van der Waals surface area contributed by atoms with Crippen molar-refractivity contribution in [2.75, 3.05) is 0 Å². The van der Waals surface area contributed by atoms with Gasteiger partial charge in [0.25, 0.3) is 0 Å². The van der Waals surface area contributed by atoms with E-state index in [2.05, 4.69) is 109 Å². The molecule has 0 heterocycles. The highest BCUT2D eigenvalue weighted by molar-refractivity contribution is 5.86. The quantitative estimate of drug-likeness (QED) is 0.397. The zero-order valence-electron chi connectivity index (χ0n) is 14.1. The van der Waals surface area contributed by atoms with Crippen molar-refractivity contribution in [2.45, 2.75) is 6.42 Å². The average Bonchev–Trinajstić information content (AvgIpc) is 2.70. The van der Waals surface area contributed by atoms with Crippen LogP contribution in [0.15, 0.2) is 109 Å². The van der Waals surface area contributed by atoms with Crippen molar-refractivity contribution in [3.63, 3.8) is 0 Å². The summed E-state index contributed by atoms with van der Waals surface area (Å²) in [5.74, 6) is 0. The fourth-order valence-electron chi connectivity index (χ4n) is 3.37. The Morgan fingerprint density at radius 1 is 0.440 bits per heavy atom. The van der Waals surface area contributed by atoms with Crippen molar-refractivity contribution in [3.05, 3.63) is 120 Å². The van der Waals surface area contributed by atoms with Crippen LogP contribution in [0.25, 0.3) is 22.3 Å². The van der Waals surface area contributed by atoms with E-state index >= 15 is 0 Å². The molecule has 120 valence electrons. The van der Waals surface area contributed by atoms with Gasteiger partial charge in [-0.1, -0.05) is 109 Å². The molecule has 25 heavy (non-hydrogen) atoms. The second kappa shape index (κ2) is 7.19. The van der Waals surface area contributed by atoms with Crippen LogP contribution in [0.4, 0.5) is 0 Å². The lowest BCUT2D eigenvalue weighted by molar-refractivity contribution is 1.20. The summed E-state index contributed by atoms with van der Waals surface area (Å²) >= 11 is 0. The molecule has 4 aromatic rings. The highest BCUT2D eigenvalue weighted by Gasteiger charge is 2.12. The third-order valence-corrected chi connectivity index (χ3v) is 4.54. The fraction of sp³-hybridized carbons (Fsp3) is 0.0400. The molecule has 4 aromatic carbocycles. The molecular weight excluding hydrogens is 300 g/mol. The number of rotatable bonds is 4. The minimum absolute atomic E-state index is 0.936. The largest absolute Gasteiger partial charge is 0.0622 e. The van der Waals surface area contributed by atoms with E-state index in [9.17, 15) is 0 Å². The molecule has 0 heteroatoms. The van der Waals surface area contributed by atoms with Gasteiger partial charge in [0, 0.05) is 0 Å². The maximum Gasteiger partial charge on any atom is -0.00194 e. The highest BCUT2D eigenvalue weighted by atomic mass is 14.2. The molecular formula is C25H20. The van der Waals surface area contributed by atoms with Crippen molar-refractivity contribution in [1.29, 1.82) is 0 Å². The van der Waals surface area contributed by atoms with E-state index in [1.165, 1.54) is 33.4 Å². The summed E-state index contributed by atoms with van der Waals surface area (Å²) in [5, 5.41) is 0. The van der Waals surface area contributed by atoms with E-state index < -0.39 is 0 Å². The molecule has 0 atom stereocenters. The van der Waals surface area contributed by atoms with Gasteiger partial charge in [0.15, 0.2) is 0 Å². The van der Waals surface area contributed by atoms with Gasteiger partial charge in [-0.05, 0) is 39.8 Å². The SMILES string of the molecule is c1ccc(Cc2cccc(-c3ccccc3)c2-c2ccccc2)cc1. The smallest absolute Gasteiger partial charge is 0.00194 e. The number of hydrogen-bond acceptors (Lipinski definition) is 0. The standard InChI is InChI=1S/C25H20/c1-4-11-20(12-5-1)19-23-17-10-18-24(21-13-6-2-7-14-21)25(23)22-15-8-3-9-16-22/h1-18H,19H2. The van der Waals surface area contributed by atoms with Crippen molar-refractivity contribution in [2.24, 2.45) is 0 Å². The van der Waals surface area contributed by atoms with Crippen molar-refractivity contribution >= 4 is 0 Å². The molecule has 0 saturated carbocycles. The highest BCUT2D eigenvalue weighted by Crippen LogP contribution is 2.35. The van der Waals surface area contributed by atoms with Gasteiger partial charge in [-0.2, -0.15) is 0 Å². The molecule has 0 fully saturated rings. The lowest BCUT2D eigenvalue weighted by atomic mass is 9.88. The summed E-state index contributed by atoms with van der Waals surface area (Å²) in [6.07, 6.45) is 0.936. The van der Waals surface area contributed by atoms with Crippen LogP contribution >= 0.6 is 0 Å². The van der Waals surface area contributed by atoms with Crippen LogP contribution in [0, 0.1) is 0 Å². The second-order valence-electron chi connectivity index (χ2n) is 6.23. The van der Waals surface area contributed by atoms with Crippen molar-refractivity contribution in [1.82, 2.24) is 0 Å². The maximum absolute atomic E-state index is 2.25. The van der Waals surface area contributed by atoms with Crippen LogP contribution in [-0.2, 0) is 6.42 Å². The first-order valence-electron chi connectivity index (χ1n) is 8.68. The van der Waals surface area contributed by atoms with Crippen molar-refractivity contribution < 1.29 is 0 Å². The van der Waals surface area contributed by atoms with Gasteiger partial charge in [-0.15, -0.1) is 0 Å². The van der Waals surface area contributed by atoms with E-state index in [1.807, 2.05) is 0 Å². The molecule has 0 N–H and O–H groups in total. The zero-order valence-corrected chi connectivity index (χ0v) is 14.1. The van der Waals surface area contributed by atoms with Gasteiger partial charge in [0.1, 0.15) is 0 Å². The summed E-state index contributed by atoms with van der Waals surface area (Å²) in [4.78, 5) is 0. The third-order valence-electron chi connectivity index (χ3n) is 4.54. The predicted molar refractivity (Wildman–Crippen MR) is 107 cm³/mol. The molecule has 0 spiro atoms. The van der Waals surface area contributed by atoms with E-state index in [0.717, 1.165) is 6.42 Å².